The van der Waals surface area contributed by atoms with Gasteiger partial charge < -0.3 is 0 Å². The zero-order valence-corrected chi connectivity index (χ0v) is 9.75. The van der Waals surface area contributed by atoms with E-state index in [-0.39, 0.29) is 6.33 Å². The summed E-state index contributed by atoms with van der Waals surface area (Å²) >= 11 is 1.26. The Kier molecular flexibility index (Phi) is 5.54. The van der Waals surface area contributed by atoms with Crippen molar-refractivity contribution in [3.63, 3.8) is 0 Å². The summed E-state index contributed by atoms with van der Waals surface area (Å²) in [6.07, 6.45) is 5.50. The summed E-state index contributed by atoms with van der Waals surface area (Å²) in [6, 6.07) is 1.88. The van der Waals surface area contributed by atoms with Crippen molar-refractivity contribution in [3.8, 4) is 0 Å². The minimum absolute atomic E-state index is 0.0430. The minimum Gasteiger partial charge on any atom is -0.212 e. The fraction of sp³-hybridized carbons (Fsp3) is 0.500. The van der Waals surface area contributed by atoms with E-state index in [2.05, 4.69) is 6.92 Å². The molecule has 0 aliphatic rings. The van der Waals surface area contributed by atoms with Crippen LogP contribution in [0.5, 0.6) is 0 Å². The molecule has 0 aliphatic carbocycles. The molecule has 84 valence electrons. The predicted octanol–water partition coefficient (Wildman–Crippen LogP) is 5.11. The number of hydrogen-bond donors (Lipinski definition) is 0. The summed E-state index contributed by atoms with van der Waals surface area (Å²) in [5.74, 6) is -0.740. The van der Waals surface area contributed by atoms with E-state index < -0.39 is 5.83 Å². The highest BCUT2D eigenvalue weighted by Gasteiger charge is 2.08. The topological polar surface area (TPSA) is 0 Å². The molecule has 0 bridgehead atoms. The number of unbranched alkanes of at least 4 members (excludes halogenated alkanes) is 3. The Labute approximate surface area is 93.6 Å². The first-order valence-electron chi connectivity index (χ1n) is 5.32. The average molecular weight is 230 g/mol. The van der Waals surface area contributed by atoms with Crippen LogP contribution in [0.1, 0.15) is 43.0 Å². The smallest absolute Gasteiger partial charge is 0.168 e. The van der Waals surface area contributed by atoms with Gasteiger partial charge in [-0.3, -0.25) is 0 Å². The highest BCUT2D eigenvalue weighted by molar-refractivity contribution is 7.11. The molecule has 1 heterocycles. The third-order valence-corrected chi connectivity index (χ3v) is 3.32. The molecule has 0 spiro atoms. The number of thiophene rings is 1. The van der Waals surface area contributed by atoms with Crippen LogP contribution in [0, 0.1) is 0 Å². The Morgan fingerprint density at radius 3 is 2.87 bits per heavy atom. The van der Waals surface area contributed by atoms with Crippen LogP contribution in [0.2, 0.25) is 0 Å². The average Bonchev–Trinajstić information content (AvgIpc) is 2.71. The number of hydrogen-bond acceptors (Lipinski definition) is 1. The van der Waals surface area contributed by atoms with Gasteiger partial charge in [-0.2, -0.15) is 0 Å². The van der Waals surface area contributed by atoms with Gasteiger partial charge in [0, 0.05) is 0 Å². The van der Waals surface area contributed by atoms with Crippen LogP contribution >= 0.6 is 11.3 Å². The molecule has 0 nitrogen and oxygen atoms in total. The van der Waals surface area contributed by atoms with Gasteiger partial charge in [-0.05, 0) is 29.9 Å². The van der Waals surface area contributed by atoms with Gasteiger partial charge in [0.25, 0.3) is 0 Å². The van der Waals surface area contributed by atoms with E-state index in [0.29, 0.717) is 4.88 Å². The van der Waals surface area contributed by atoms with Crippen molar-refractivity contribution in [2.24, 2.45) is 0 Å². The summed E-state index contributed by atoms with van der Waals surface area (Å²) in [5.41, 5.74) is 0.933. The van der Waals surface area contributed by atoms with Crippen LogP contribution in [0.15, 0.2) is 17.8 Å². The summed E-state index contributed by atoms with van der Waals surface area (Å²) < 4.78 is 25.1. The Morgan fingerprint density at radius 1 is 1.40 bits per heavy atom. The third-order valence-electron chi connectivity index (χ3n) is 2.36. The minimum atomic E-state index is -0.740. The monoisotopic (exact) mass is 230 g/mol. The maximum atomic E-state index is 13.0. The molecule has 1 rings (SSSR count). The molecule has 0 unspecified atom stereocenters. The van der Waals surface area contributed by atoms with Crippen LogP contribution in [0.3, 0.4) is 0 Å². The lowest BCUT2D eigenvalue weighted by atomic mass is 10.1. The number of aryl methyl sites for hydroxylation is 1. The third kappa shape index (κ3) is 3.74. The molecule has 0 radical (unpaired) electrons. The Hall–Kier alpha value is -0.700. The predicted molar refractivity (Wildman–Crippen MR) is 62.4 cm³/mol. The second-order valence-electron chi connectivity index (χ2n) is 3.54. The quantitative estimate of drug-likeness (QED) is 0.596. The molecule has 0 fully saturated rings. The lowest BCUT2D eigenvalue weighted by molar-refractivity contribution is 0.659. The van der Waals surface area contributed by atoms with E-state index in [1.165, 1.54) is 24.2 Å². The van der Waals surface area contributed by atoms with E-state index >= 15 is 0 Å². The fourth-order valence-electron chi connectivity index (χ4n) is 1.53. The van der Waals surface area contributed by atoms with Gasteiger partial charge in [-0.25, -0.2) is 8.78 Å². The summed E-state index contributed by atoms with van der Waals surface area (Å²) in [4.78, 5) is 0.453. The standard InChI is InChI=1S/C12H16F2S/c1-2-3-4-5-6-10-7-8-15-12(10)11(14)9-13/h7-9H,2-6H2,1H3/b11-9-. The van der Waals surface area contributed by atoms with Crippen LogP contribution in [0.25, 0.3) is 5.83 Å². The van der Waals surface area contributed by atoms with Crippen LogP contribution in [0.4, 0.5) is 8.78 Å². The molecule has 0 aliphatic heterocycles. The maximum Gasteiger partial charge on any atom is 0.168 e. The van der Waals surface area contributed by atoms with Gasteiger partial charge in [0.15, 0.2) is 5.83 Å². The summed E-state index contributed by atoms with van der Waals surface area (Å²) in [7, 11) is 0. The first-order valence-corrected chi connectivity index (χ1v) is 6.20. The van der Waals surface area contributed by atoms with Crippen molar-refractivity contribution in [3.05, 3.63) is 28.2 Å². The highest BCUT2D eigenvalue weighted by Crippen LogP contribution is 2.27. The molecule has 1 aromatic heterocycles. The molecule has 15 heavy (non-hydrogen) atoms. The van der Waals surface area contributed by atoms with Crippen molar-refractivity contribution in [2.45, 2.75) is 39.0 Å². The zero-order chi connectivity index (χ0) is 11.1. The molecular formula is C12H16F2S. The molecule has 0 N–H and O–H groups in total. The van der Waals surface area contributed by atoms with Crippen molar-refractivity contribution in [1.29, 1.82) is 0 Å². The van der Waals surface area contributed by atoms with Crippen molar-refractivity contribution in [1.82, 2.24) is 0 Å². The van der Waals surface area contributed by atoms with Crippen molar-refractivity contribution >= 4 is 17.2 Å². The molecule has 0 amide bonds. The second-order valence-corrected chi connectivity index (χ2v) is 4.46. The molecule has 0 atom stereocenters. The second kappa shape index (κ2) is 6.72. The summed E-state index contributed by atoms with van der Waals surface area (Å²) in [6.45, 7) is 2.15. The molecule has 0 saturated carbocycles. The van der Waals surface area contributed by atoms with E-state index in [1.807, 2.05) is 11.4 Å². The van der Waals surface area contributed by atoms with Gasteiger partial charge in [0.2, 0.25) is 0 Å². The van der Waals surface area contributed by atoms with Crippen LogP contribution < -0.4 is 0 Å². The van der Waals surface area contributed by atoms with Gasteiger partial charge in [-0.1, -0.05) is 26.2 Å². The Balaban J connectivity index is 2.50. The van der Waals surface area contributed by atoms with Gasteiger partial charge >= 0.3 is 0 Å². The lowest BCUT2D eigenvalue weighted by Gasteiger charge is -2.01. The Bertz CT molecular complexity index is 315. The maximum absolute atomic E-state index is 13.0. The van der Waals surface area contributed by atoms with E-state index in [9.17, 15) is 8.78 Å². The molecule has 1 aromatic rings. The molecular weight excluding hydrogens is 214 g/mol. The highest BCUT2D eigenvalue weighted by atomic mass is 32.1. The van der Waals surface area contributed by atoms with Crippen molar-refractivity contribution in [2.75, 3.05) is 0 Å². The molecule has 0 saturated heterocycles. The number of halogens is 2. The molecule has 0 aromatic carbocycles. The van der Waals surface area contributed by atoms with Gasteiger partial charge in [0.1, 0.15) is 6.33 Å². The molecule has 3 heteroatoms. The zero-order valence-electron chi connectivity index (χ0n) is 8.93. The first kappa shape index (κ1) is 12.4. The van der Waals surface area contributed by atoms with Gasteiger partial charge in [0.05, 0.1) is 4.88 Å². The van der Waals surface area contributed by atoms with E-state index in [0.717, 1.165) is 24.8 Å². The van der Waals surface area contributed by atoms with Crippen molar-refractivity contribution < 1.29 is 8.78 Å². The number of rotatable bonds is 6. The Morgan fingerprint density at radius 2 is 2.20 bits per heavy atom. The van der Waals surface area contributed by atoms with Gasteiger partial charge in [-0.15, -0.1) is 11.3 Å². The van der Waals surface area contributed by atoms with E-state index in [4.69, 9.17) is 0 Å². The lowest BCUT2D eigenvalue weighted by Crippen LogP contribution is -1.87. The van der Waals surface area contributed by atoms with Crippen LogP contribution in [-0.2, 0) is 6.42 Å². The summed E-state index contributed by atoms with van der Waals surface area (Å²) in [5, 5.41) is 1.81. The largest absolute Gasteiger partial charge is 0.212 e. The van der Waals surface area contributed by atoms with E-state index in [1.54, 1.807) is 0 Å². The van der Waals surface area contributed by atoms with Crippen LogP contribution in [-0.4, -0.2) is 0 Å². The fourth-order valence-corrected chi connectivity index (χ4v) is 2.38. The SMILES string of the molecule is CCCCCCc1ccsc1/C(F)=C/F. The first-order chi connectivity index (χ1) is 7.29. The normalized spacial score (nSPS) is 12.1.